The molecule has 74 valence electrons. The fourth-order valence-electron chi connectivity index (χ4n) is 0.535. The summed E-state index contributed by atoms with van der Waals surface area (Å²) in [5.74, 6) is 0. The predicted octanol–water partition coefficient (Wildman–Crippen LogP) is 3.10. The van der Waals surface area contributed by atoms with Gasteiger partial charge in [-0.1, -0.05) is 0 Å². The van der Waals surface area contributed by atoms with Crippen LogP contribution in [0.3, 0.4) is 0 Å². The van der Waals surface area contributed by atoms with Crippen LogP contribution in [-0.4, -0.2) is 18.8 Å². The molecule has 0 aromatic rings. The normalized spacial score (nSPS) is 12.0. The lowest BCUT2D eigenvalue weighted by Gasteiger charge is -2.19. The van der Waals surface area contributed by atoms with Crippen molar-refractivity contribution in [3.63, 3.8) is 0 Å². The molecule has 0 aliphatic heterocycles. The van der Waals surface area contributed by atoms with E-state index in [9.17, 15) is 0 Å². The highest BCUT2D eigenvalue weighted by atomic mass is 31.2. The molecule has 0 aliphatic rings. The van der Waals surface area contributed by atoms with Crippen molar-refractivity contribution in [1.29, 1.82) is 0 Å². The highest BCUT2D eigenvalue weighted by Gasteiger charge is 2.14. The molecule has 0 atom stereocenters. The van der Waals surface area contributed by atoms with Crippen LogP contribution in [-0.2, 0) is 13.6 Å². The summed E-state index contributed by atoms with van der Waals surface area (Å²) < 4.78 is 16.1. The maximum Gasteiger partial charge on any atom is 0.333 e. The van der Waals surface area contributed by atoms with E-state index in [1.165, 1.54) is 0 Å². The molecule has 3 nitrogen and oxygen atoms in total. The second-order valence-electron chi connectivity index (χ2n) is 2.95. The smallest absolute Gasteiger partial charge is 0.313 e. The van der Waals surface area contributed by atoms with E-state index < -0.39 is 8.60 Å². The fraction of sp³-hybridized carbons (Fsp3) is 1.00. The van der Waals surface area contributed by atoms with Gasteiger partial charge in [0, 0.05) is 0 Å². The van der Waals surface area contributed by atoms with E-state index in [1.54, 1.807) is 0 Å². The summed E-state index contributed by atoms with van der Waals surface area (Å²) in [5, 5.41) is 0. The zero-order valence-corrected chi connectivity index (χ0v) is 9.43. The van der Waals surface area contributed by atoms with Gasteiger partial charge < -0.3 is 13.6 Å². The molecular weight excluding hydrogens is 175 g/mol. The summed E-state index contributed by atoms with van der Waals surface area (Å²) in [5.41, 5.74) is 0. The van der Waals surface area contributed by atoms with Gasteiger partial charge in [0.05, 0.1) is 18.8 Å². The molecule has 0 saturated heterocycles. The second-order valence-corrected chi connectivity index (χ2v) is 4.08. The Balaban J connectivity index is 3.69. The molecule has 0 saturated carbocycles. The summed E-state index contributed by atoms with van der Waals surface area (Å²) in [4.78, 5) is 0. The Morgan fingerprint density at radius 1 is 1.00 bits per heavy atom. The van der Waals surface area contributed by atoms with Crippen molar-refractivity contribution in [2.45, 2.75) is 46.8 Å². The third-order valence-corrected chi connectivity index (χ3v) is 2.48. The number of hydrogen-bond acceptors (Lipinski definition) is 3. The molecule has 0 aromatic heterocycles. The van der Waals surface area contributed by atoms with E-state index in [0.717, 1.165) is 0 Å². The van der Waals surface area contributed by atoms with Gasteiger partial charge in [0.2, 0.25) is 0 Å². The molecule has 0 rings (SSSR count). The molecule has 0 N–H and O–H groups in total. The van der Waals surface area contributed by atoms with Crippen LogP contribution in [0.1, 0.15) is 34.6 Å². The molecule has 0 radical (unpaired) electrons. The van der Waals surface area contributed by atoms with Gasteiger partial charge in [0.15, 0.2) is 0 Å². The minimum Gasteiger partial charge on any atom is -0.313 e. The molecular formula is C8H19O3P. The Kier molecular flexibility index (Phi) is 6.96. The molecule has 0 amide bonds. The third-order valence-electron chi connectivity index (χ3n) is 0.828. The maximum atomic E-state index is 5.42. The number of hydrogen-bond donors (Lipinski definition) is 0. The molecule has 0 aliphatic carbocycles. The molecule has 4 heteroatoms. The van der Waals surface area contributed by atoms with Gasteiger partial charge in [0.1, 0.15) is 0 Å². The highest BCUT2D eigenvalue weighted by molar-refractivity contribution is 7.41. The van der Waals surface area contributed by atoms with Crippen LogP contribution >= 0.6 is 8.60 Å². The van der Waals surface area contributed by atoms with Gasteiger partial charge in [-0.3, -0.25) is 0 Å². The summed E-state index contributed by atoms with van der Waals surface area (Å²) in [6.07, 6.45) is 0.308. The van der Waals surface area contributed by atoms with Crippen LogP contribution in [0.15, 0.2) is 0 Å². The lowest BCUT2D eigenvalue weighted by Crippen LogP contribution is -2.06. The van der Waals surface area contributed by atoms with E-state index in [-0.39, 0.29) is 12.2 Å². The minimum absolute atomic E-state index is 0.154. The average molecular weight is 194 g/mol. The first-order chi connectivity index (χ1) is 5.56. The molecule has 12 heavy (non-hydrogen) atoms. The molecule has 0 fully saturated rings. The minimum atomic E-state index is -1.14. The maximum absolute atomic E-state index is 5.42. The lowest BCUT2D eigenvalue weighted by atomic mass is 10.5. The predicted molar refractivity (Wildman–Crippen MR) is 51.0 cm³/mol. The van der Waals surface area contributed by atoms with Crippen LogP contribution in [0, 0.1) is 0 Å². The molecule has 0 heterocycles. The van der Waals surface area contributed by atoms with Crippen molar-refractivity contribution in [2.24, 2.45) is 0 Å². The number of rotatable bonds is 6. The van der Waals surface area contributed by atoms with Crippen LogP contribution in [0.2, 0.25) is 0 Å². The molecule has 0 bridgehead atoms. The van der Waals surface area contributed by atoms with Crippen molar-refractivity contribution in [3.05, 3.63) is 0 Å². The van der Waals surface area contributed by atoms with Gasteiger partial charge >= 0.3 is 8.60 Å². The Hall–Kier alpha value is 0.310. The van der Waals surface area contributed by atoms with Gasteiger partial charge in [-0.05, 0) is 34.6 Å². The van der Waals surface area contributed by atoms with E-state index >= 15 is 0 Å². The largest absolute Gasteiger partial charge is 0.333 e. The monoisotopic (exact) mass is 194 g/mol. The summed E-state index contributed by atoms with van der Waals surface area (Å²) >= 11 is 0. The van der Waals surface area contributed by atoms with Gasteiger partial charge in [-0.2, -0.15) is 0 Å². The zero-order valence-electron chi connectivity index (χ0n) is 8.53. The Morgan fingerprint density at radius 3 is 1.67 bits per heavy atom. The standard InChI is InChI=1S/C8H19O3P/c1-6-9-12(10-7(2)3)11-8(4)5/h7-8H,6H2,1-5H3. The fourth-order valence-corrected chi connectivity index (χ4v) is 1.61. The Morgan fingerprint density at radius 2 is 1.42 bits per heavy atom. The first-order valence-electron chi connectivity index (χ1n) is 4.32. The van der Waals surface area contributed by atoms with Crippen LogP contribution in [0.5, 0.6) is 0 Å². The zero-order chi connectivity index (χ0) is 9.56. The Labute approximate surface area is 76.4 Å². The average Bonchev–Trinajstić information content (AvgIpc) is 1.84. The molecule has 0 unspecified atom stereocenters. The summed E-state index contributed by atoms with van der Waals surface area (Å²) in [6.45, 7) is 10.4. The Bertz CT molecular complexity index is 96.5. The molecule has 0 aromatic carbocycles. The third kappa shape index (κ3) is 6.99. The van der Waals surface area contributed by atoms with Crippen LogP contribution < -0.4 is 0 Å². The van der Waals surface area contributed by atoms with Crippen LogP contribution in [0.4, 0.5) is 0 Å². The van der Waals surface area contributed by atoms with Crippen LogP contribution in [0.25, 0.3) is 0 Å². The van der Waals surface area contributed by atoms with Crippen molar-refractivity contribution < 1.29 is 13.6 Å². The summed E-state index contributed by atoms with van der Waals surface area (Å²) in [6, 6.07) is 0. The van der Waals surface area contributed by atoms with Gasteiger partial charge in [-0.25, -0.2) is 0 Å². The molecule has 0 spiro atoms. The van der Waals surface area contributed by atoms with E-state index in [2.05, 4.69) is 0 Å². The van der Waals surface area contributed by atoms with Crippen molar-refractivity contribution >= 4 is 8.60 Å². The van der Waals surface area contributed by atoms with E-state index in [0.29, 0.717) is 6.61 Å². The van der Waals surface area contributed by atoms with Gasteiger partial charge in [-0.15, -0.1) is 0 Å². The van der Waals surface area contributed by atoms with Crippen molar-refractivity contribution in [1.82, 2.24) is 0 Å². The second kappa shape index (κ2) is 6.79. The first-order valence-corrected chi connectivity index (χ1v) is 5.42. The quantitative estimate of drug-likeness (QED) is 0.608. The topological polar surface area (TPSA) is 27.7 Å². The van der Waals surface area contributed by atoms with Gasteiger partial charge in [0.25, 0.3) is 0 Å². The van der Waals surface area contributed by atoms with Crippen molar-refractivity contribution in [2.75, 3.05) is 6.61 Å². The SMILES string of the molecule is CCOP(OC(C)C)OC(C)C. The lowest BCUT2D eigenvalue weighted by molar-refractivity contribution is 0.116. The van der Waals surface area contributed by atoms with E-state index in [1.807, 2.05) is 34.6 Å². The highest BCUT2D eigenvalue weighted by Crippen LogP contribution is 2.41. The summed E-state index contributed by atoms with van der Waals surface area (Å²) in [7, 11) is -1.14. The first kappa shape index (κ1) is 12.3. The van der Waals surface area contributed by atoms with E-state index in [4.69, 9.17) is 13.6 Å². The van der Waals surface area contributed by atoms with Crippen molar-refractivity contribution in [3.8, 4) is 0 Å².